The lowest BCUT2D eigenvalue weighted by Crippen LogP contribution is -2.31. The summed E-state index contributed by atoms with van der Waals surface area (Å²) < 4.78 is 34.2. The molecule has 2 aromatic rings. The second-order valence-corrected chi connectivity index (χ2v) is 7.64. The van der Waals surface area contributed by atoms with Gasteiger partial charge in [0.2, 0.25) is 0 Å². The van der Waals surface area contributed by atoms with Crippen LogP contribution in [0.5, 0.6) is 5.75 Å². The third-order valence-electron chi connectivity index (χ3n) is 4.23. The minimum absolute atomic E-state index is 0.0382. The summed E-state index contributed by atoms with van der Waals surface area (Å²) in [5.41, 5.74) is 2.03. The number of aromatic nitrogens is 2. The molecule has 24 heavy (non-hydrogen) atoms. The number of hydrogen-bond acceptors (Lipinski definition) is 5. The van der Waals surface area contributed by atoms with E-state index in [-0.39, 0.29) is 16.4 Å². The summed E-state index contributed by atoms with van der Waals surface area (Å²) in [4.78, 5) is 12.4. The summed E-state index contributed by atoms with van der Waals surface area (Å²) in [6.07, 6.45) is 0. The number of benzene rings is 1. The molecule has 0 saturated carbocycles. The lowest BCUT2D eigenvalue weighted by molar-refractivity contribution is 0.0981. The lowest BCUT2D eigenvalue weighted by atomic mass is 10.0. The van der Waals surface area contributed by atoms with E-state index in [2.05, 4.69) is 9.82 Å². The first kappa shape index (κ1) is 16.5. The molecule has 1 atom stereocenters. The van der Waals surface area contributed by atoms with Gasteiger partial charge in [0, 0.05) is 24.1 Å². The van der Waals surface area contributed by atoms with Crippen molar-refractivity contribution in [3.63, 3.8) is 0 Å². The first-order chi connectivity index (χ1) is 11.2. The predicted octanol–water partition coefficient (Wildman–Crippen LogP) is 1.65. The van der Waals surface area contributed by atoms with E-state index in [4.69, 9.17) is 4.74 Å². The monoisotopic (exact) mass is 349 g/mol. The van der Waals surface area contributed by atoms with Crippen LogP contribution in [0.3, 0.4) is 0 Å². The molecule has 8 heteroatoms. The van der Waals surface area contributed by atoms with E-state index >= 15 is 0 Å². The van der Waals surface area contributed by atoms with Gasteiger partial charge >= 0.3 is 0 Å². The Morgan fingerprint density at radius 3 is 2.71 bits per heavy atom. The van der Waals surface area contributed by atoms with E-state index in [1.165, 1.54) is 4.68 Å². The molecule has 3 rings (SSSR count). The maximum absolute atomic E-state index is 12.6. The third-order valence-corrected chi connectivity index (χ3v) is 5.81. The standard InChI is InChI=1S/C16H19N3O4S/c1-9-8-23-14-6-5-12(7-13(9)14)16(20)18-24(21,22)15-10(2)17-19(4)11(15)3/h5-7,9H,8H2,1-4H3,(H,18,20). The Hall–Kier alpha value is -2.35. The zero-order chi connectivity index (χ0) is 17.6. The highest BCUT2D eigenvalue weighted by Crippen LogP contribution is 2.34. The molecule has 1 amide bonds. The van der Waals surface area contributed by atoms with Crippen LogP contribution in [0.4, 0.5) is 0 Å². The number of nitrogens with one attached hydrogen (secondary N) is 1. The van der Waals surface area contributed by atoms with Crippen molar-refractivity contribution in [2.75, 3.05) is 6.61 Å². The average molecular weight is 349 g/mol. The van der Waals surface area contributed by atoms with Gasteiger partial charge in [-0.25, -0.2) is 13.1 Å². The zero-order valence-electron chi connectivity index (χ0n) is 14.0. The fourth-order valence-electron chi connectivity index (χ4n) is 2.89. The van der Waals surface area contributed by atoms with Crippen molar-refractivity contribution in [1.82, 2.24) is 14.5 Å². The Labute approximate surface area is 140 Å². The Balaban J connectivity index is 1.91. The highest BCUT2D eigenvalue weighted by Gasteiger charge is 2.27. The molecule has 1 aliphatic rings. The second-order valence-electron chi connectivity index (χ2n) is 6.02. The molecule has 128 valence electrons. The lowest BCUT2D eigenvalue weighted by Gasteiger charge is -2.09. The van der Waals surface area contributed by atoms with Crippen LogP contribution >= 0.6 is 0 Å². The fraction of sp³-hybridized carbons (Fsp3) is 0.375. The number of fused-ring (bicyclic) bond motifs is 1. The number of ether oxygens (including phenoxy) is 1. The van der Waals surface area contributed by atoms with Gasteiger partial charge in [-0.1, -0.05) is 6.92 Å². The molecule has 0 aliphatic carbocycles. The topological polar surface area (TPSA) is 90.3 Å². The van der Waals surface area contributed by atoms with E-state index < -0.39 is 15.9 Å². The molecule has 0 spiro atoms. The van der Waals surface area contributed by atoms with E-state index in [1.54, 1.807) is 39.1 Å². The van der Waals surface area contributed by atoms with Gasteiger partial charge in [0.1, 0.15) is 10.6 Å². The first-order valence-electron chi connectivity index (χ1n) is 7.55. The van der Waals surface area contributed by atoms with Gasteiger partial charge in [-0.15, -0.1) is 0 Å². The van der Waals surface area contributed by atoms with Gasteiger partial charge in [-0.2, -0.15) is 5.10 Å². The Kier molecular flexibility index (Phi) is 3.87. The number of carbonyl (C=O) groups excluding carboxylic acids is 1. The molecule has 0 saturated heterocycles. The smallest absolute Gasteiger partial charge is 0.267 e. The van der Waals surface area contributed by atoms with Crippen LogP contribution in [0.1, 0.15) is 40.2 Å². The quantitative estimate of drug-likeness (QED) is 0.910. The molecule has 1 aromatic carbocycles. The van der Waals surface area contributed by atoms with E-state index in [0.717, 1.165) is 11.3 Å². The van der Waals surface area contributed by atoms with Gasteiger partial charge < -0.3 is 4.74 Å². The van der Waals surface area contributed by atoms with E-state index in [1.807, 2.05) is 6.92 Å². The maximum atomic E-state index is 12.6. The van der Waals surface area contributed by atoms with Crippen LogP contribution in [-0.2, 0) is 17.1 Å². The minimum atomic E-state index is -3.99. The number of aryl methyl sites for hydroxylation is 2. The summed E-state index contributed by atoms with van der Waals surface area (Å²) in [6.45, 7) is 5.80. The highest BCUT2D eigenvalue weighted by molar-refractivity contribution is 7.90. The van der Waals surface area contributed by atoms with Crippen molar-refractivity contribution in [1.29, 1.82) is 0 Å². The van der Waals surface area contributed by atoms with Crippen molar-refractivity contribution in [2.45, 2.75) is 31.6 Å². The maximum Gasteiger partial charge on any atom is 0.267 e. The molecule has 1 N–H and O–H groups in total. The molecule has 1 aromatic heterocycles. The number of carbonyl (C=O) groups is 1. The summed E-state index contributed by atoms with van der Waals surface area (Å²) in [5, 5.41) is 4.08. The molecule has 1 aliphatic heterocycles. The van der Waals surface area contributed by atoms with Gasteiger partial charge in [0.25, 0.3) is 15.9 Å². The van der Waals surface area contributed by atoms with Crippen molar-refractivity contribution in [2.24, 2.45) is 7.05 Å². The SMILES string of the molecule is Cc1nn(C)c(C)c1S(=O)(=O)NC(=O)c1ccc2c(c1)C(C)CO2. The Morgan fingerprint density at radius 2 is 2.08 bits per heavy atom. The number of hydrogen-bond donors (Lipinski definition) is 1. The van der Waals surface area contributed by atoms with Crippen molar-refractivity contribution in [3.05, 3.63) is 40.7 Å². The summed E-state index contributed by atoms with van der Waals surface area (Å²) in [7, 11) is -2.33. The van der Waals surface area contributed by atoms with Crippen molar-refractivity contribution >= 4 is 15.9 Å². The number of sulfonamides is 1. The van der Waals surface area contributed by atoms with Crippen LogP contribution in [0, 0.1) is 13.8 Å². The van der Waals surface area contributed by atoms with Crippen LogP contribution in [0.15, 0.2) is 23.1 Å². The summed E-state index contributed by atoms with van der Waals surface area (Å²) in [5.74, 6) is 0.243. The molecule has 0 bridgehead atoms. The van der Waals surface area contributed by atoms with Gasteiger partial charge in [-0.3, -0.25) is 9.48 Å². The van der Waals surface area contributed by atoms with Crippen LogP contribution in [0.2, 0.25) is 0 Å². The molecule has 0 radical (unpaired) electrons. The van der Waals surface area contributed by atoms with Crippen molar-refractivity contribution in [3.8, 4) is 5.75 Å². The van der Waals surface area contributed by atoms with Gasteiger partial charge in [-0.05, 0) is 32.0 Å². The number of rotatable bonds is 3. The van der Waals surface area contributed by atoms with Crippen LogP contribution in [-0.4, -0.2) is 30.7 Å². The number of amides is 1. The molecular weight excluding hydrogens is 330 g/mol. The highest BCUT2D eigenvalue weighted by atomic mass is 32.2. The molecule has 1 unspecified atom stereocenters. The normalized spacial score (nSPS) is 16.6. The van der Waals surface area contributed by atoms with E-state index in [0.29, 0.717) is 18.0 Å². The van der Waals surface area contributed by atoms with Crippen molar-refractivity contribution < 1.29 is 17.9 Å². The van der Waals surface area contributed by atoms with Gasteiger partial charge in [0.15, 0.2) is 0 Å². The van der Waals surface area contributed by atoms with Crippen LogP contribution < -0.4 is 9.46 Å². The third kappa shape index (κ3) is 2.66. The molecule has 0 fully saturated rings. The Bertz CT molecular complexity index is 931. The molecular formula is C16H19N3O4S. The first-order valence-corrected chi connectivity index (χ1v) is 9.03. The molecule has 2 heterocycles. The fourth-order valence-corrected chi connectivity index (χ4v) is 4.30. The number of nitrogens with zero attached hydrogens (tertiary/aromatic N) is 2. The summed E-state index contributed by atoms with van der Waals surface area (Å²) in [6, 6.07) is 4.94. The van der Waals surface area contributed by atoms with E-state index in [9.17, 15) is 13.2 Å². The summed E-state index contributed by atoms with van der Waals surface area (Å²) >= 11 is 0. The van der Waals surface area contributed by atoms with Crippen LogP contribution in [0.25, 0.3) is 0 Å². The predicted molar refractivity (Wildman–Crippen MR) is 87.7 cm³/mol. The molecule has 7 nitrogen and oxygen atoms in total. The Morgan fingerprint density at radius 1 is 1.38 bits per heavy atom. The minimum Gasteiger partial charge on any atom is -0.493 e. The second kappa shape index (κ2) is 5.62. The van der Waals surface area contributed by atoms with Gasteiger partial charge in [0.05, 0.1) is 18.0 Å². The average Bonchev–Trinajstić information content (AvgIpc) is 2.99. The largest absolute Gasteiger partial charge is 0.493 e. The zero-order valence-corrected chi connectivity index (χ0v) is 14.8.